The molecule has 6 heteroatoms. The second kappa shape index (κ2) is 7.44. The molecule has 1 atom stereocenters. The molecule has 0 aromatic heterocycles. The maximum Gasteiger partial charge on any atom is 0.331 e. The van der Waals surface area contributed by atoms with Gasteiger partial charge >= 0.3 is 5.97 Å². The molecule has 2 N–H and O–H groups in total. The zero-order valence-corrected chi connectivity index (χ0v) is 12.1. The highest BCUT2D eigenvalue weighted by molar-refractivity contribution is 5.97. The molecule has 1 rings (SSSR count). The molecule has 1 aromatic carbocycles. The molecule has 1 aromatic rings. The Morgan fingerprint density at radius 1 is 1.38 bits per heavy atom. The van der Waals surface area contributed by atoms with Crippen LogP contribution in [0.15, 0.2) is 36.9 Å². The van der Waals surface area contributed by atoms with Crippen LogP contribution < -0.4 is 10.1 Å². The first kappa shape index (κ1) is 16.7. The predicted octanol–water partition coefficient (Wildman–Crippen LogP) is 1.47. The van der Waals surface area contributed by atoms with E-state index >= 15 is 0 Å². The van der Waals surface area contributed by atoms with Crippen LogP contribution in [0.5, 0.6) is 5.75 Å². The summed E-state index contributed by atoms with van der Waals surface area (Å²) in [6, 6.07) is 6.38. The van der Waals surface area contributed by atoms with Crippen LogP contribution in [0.25, 0.3) is 0 Å². The summed E-state index contributed by atoms with van der Waals surface area (Å²) >= 11 is 0. The number of hydrogen-bond acceptors (Lipinski definition) is 4. The molecule has 0 bridgehead atoms. The van der Waals surface area contributed by atoms with Gasteiger partial charge in [-0.25, -0.2) is 4.79 Å². The number of carbonyl (C=O) groups excluding carboxylic acids is 1. The molecule has 0 saturated heterocycles. The van der Waals surface area contributed by atoms with Gasteiger partial charge in [0.05, 0.1) is 6.61 Å². The van der Waals surface area contributed by atoms with Crippen molar-refractivity contribution in [1.82, 2.24) is 5.32 Å². The maximum atomic E-state index is 12.1. The molecule has 0 saturated carbocycles. The molecule has 0 aliphatic carbocycles. The largest absolute Gasteiger partial charge is 0.490 e. The molecule has 0 heterocycles. The summed E-state index contributed by atoms with van der Waals surface area (Å²) in [5.74, 6) is -1.06. The van der Waals surface area contributed by atoms with Crippen molar-refractivity contribution in [2.75, 3.05) is 20.3 Å². The zero-order valence-electron chi connectivity index (χ0n) is 12.1. The van der Waals surface area contributed by atoms with Crippen LogP contribution in [0.3, 0.4) is 0 Å². The predicted molar refractivity (Wildman–Crippen MR) is 77.5 cm³/mol. The quantitative estimate of drug-likeness (QED) is 0.709. The van der Waals surface area contributed by atoms with Gasteiger partial charge in [0.2, 0.25) is 0 Å². The van der Waals surface area contributed by atoms with E-state index in [0.29, 0.717) is 17.9 Å². The summed E-state index contributed by atoms with van der Waals surface area (Å²) in [4.78, 5) is 23.3. The molecule has 0 spiro atoms. The van der Waals surface area contributed by atoms with Crippen molar-refractivity contribution in [3.63, 3.8) is 0 Å². The number of nitrogens with one attached hydrogen (secondary N) is 1. The lowest BCUT2D eigenvalue weighted by molar-refractivity contribution is -0.145. The van der Waals surface area contributed by atoms with Crippen molar-refractivity contribution in [1.29, 1.82) is 0 Å². The lowest BCUT2D eigenvalue weighted by atomic mass is 10.0. The van der Waals surface area contributed by atoms with Crippen LogP contribution in [0.2, 0.25) is 0 Å². The highest BCUT2D eigenvalue weighted by Gasteiger charge is 2.35. The Morgan fingerprint density at radius 3 is 2.48 bits per heavy atom. The third-order valence-electron chi connectivity index (χ3n) is 2.78. The number of amides is 1. The van der Waals surface area contributed by atoms with Crippen molar-refractivity contribution in [2.24, 2.45) is 0 Å². The summed E-state index contributed by atoms with van der Waals surface area (Å²) < 4.78 is 10.1. The number of benzene rings is 1. The minimum absolute atomic E-state index is 0.130. The molecular weight excluding hydrogens is 274 g/mol. The summed E-state index contributed by atoms with van der Waals surface area (Å²) in [5, 5.41) is 11.6. The maximum absolute atomic E-state index is 12.1. The van der Waals surface area contributed by atoms with Gasteiger partial charge in [-0.3, -0.25) is 4.79 Å². The first-order valence-corrected chi connectivity index (χ1v) is 6.31. The van der Waals surface area contributed by atoms with Crippen LogP contribution in [0.1, 0.15) is 17.3 Å². The Labute approximate surface area is 123 Å². The summed E-state index contributed by atoms with van der Waals surface area (Å²) in [7, 11) is 1.37. The van der Waals surface area contributed by atoms with E-state index < -0.39 is 17.4 Å². The fourth-order valence-electron chi connectivity index (χ4n) is 1.62. The number of carboxylic acids is 1. The average molecular weight is 293 g/mol. The second-order valence-electron chi connectivity index (χ2n) is 4.65. The highest BCUT2D eigenvalue weighted by Crippen LogP contribution is 2.13. The minimum Gasteiger partial charge on any atom is -0.490 e. The Balaban J connectivity index is 2.78. The Morgan fingerprint density at radius 2 is 2.00 bits per heavy atom. The molecule has 0 aliphatic heterocycles. The summed E-state index contributed by atoms with van der Waals surface area (Å²) in [6.07, 6.45) is 1.61. The summed E-state index contributed by atoms with van der Waals surface area (Å²) in [6.45, 7) is 5.17. The van der Waals surface area contributed by atoms with E-state index in [-0.39, 0.29) is 6.61 Å². The fourth-order valence-corrected chi connectivity index (χ4v) is 1.62. The van der Waals surface area contributed by atoms with Crippen LogP contribution in [0, 0.1) is 0 Å². The molecule has 0 fully saturated rings. The molecule has 0 aliphatic rings. The van der Waals surface area contributed by atoms with E-state index in [1.165, 1.54) is 14.0 Å². The van der Waals surface area contributed by atoms with Gasteiger partial charge in [-0.05, 0) is 31.2 Å². The normalized spacial score (nSPS) is 13.0. The van der Waals surface area contributed by atoms with Gasteiger partial charge in [-0.15, -0.1) is 0 Å². The molecule has 1 unspecified atom stereocenters. The van der Waals surface area contributed by atoms with Gasteiger partial charge in [-0.2, -0.15) is 0 Å². The number of ether oxygens (including phenoxy) is 2. The first-order valence-electron chi connectivity index (χ1n) is 6.31. The number of carboxylic acid groups (broad SMARTS) is 1. The van der Waals surface area contributed by atoms with E-state index in [0.717, 1.165) is 0 Å². The van der Waals surface area contributed by atoms with Crippen molar-refractivity contribution in [2.45, 2.75) is 12.5 Å². The lowest BCUT2D eigenvalue weighted by Crippen LogP contribution is -2.55. The average Bonchev–Trinajstić information content (AvgIpc) is 2.45. The number of methoxy groups -OCH3 is 1. The van der Waals surface area contributed by atoms with Crippen LogP contribution in [-0.4, -0.2) is 42.8 Å². The third-order valence-corrected chi connectivity index (χ3v) is 2.78. The number of rotatable bonds is 8. The molecule has 6 nitrogen and oxygen atoms in total. The van der Waals surface area contributed by atoms with E-state index in [2.05, 4.69) is 11.9 Å². The topological polar surface area (TPSA) is 84.9 Å². The Hall–Kier alpha value is -2.34. The second-order valence-corrected chi connectivity index (χ2v) is 4.65. The van der Waals surface area contributed by atoms with Gasteiger partial charge in [0.1, 0.15) is 12.4 Å². The van der Waals surface area contributed by atoms with Gasteiger partial charge in [0, 0.05) is 12.7 Å². The number of aliphatic carboxylic acids is 1. The third kappa shape index (κ3) is 4.61. The van der Waals surface area contributed by atoms with E-state index in [4.69, 9.17) is 9.47 Å². The summed E-state index contributed by atoms with van der Waals surface area (Å²) in [5.41, 5.74) is -1.14. The van der Waals surface area contributed by atoms with Crippen molar-refractivity contribution >= 4 is 11.9 Å². The van der Waals surface area contributed by atoms with Crippen LogP contribution >= 0.6 is 0 Å². The minimum atomic E-state index is -1.48. The smallest absolute Gasteiger partial charge is 0.331 e. The van der Waals surface area contributed by atoms with Crippen LogP contribution in [0.4, 0.5) is 0 Å². The van der Waals surface area contributed by atoms with E-state index in [1.54, 1.807) is 30.3 Å². The molecule has 21 heavy (non-hydrogen) atoms. The molecule has 0 radical (unpaired) electrons. The van der Waals surface area contributed by atoms with E-state index in [1.807, 2.05) is 0 Å². The zero-order chi connectivity index (χ0) is 15.9. The SMILES string of the molecule is C=CCOc1ccc(C(=O)NC(C)(COC)C(=O)O)cc1. The highest BCUT2D eigenvalue weighted by atomic mass is 16.5. The lowest BCUT2D eigenvalue weighted by Gasteiger charge is -2.25. The fraction of sp³-hybridized carbons (Fsp3) is 0.333. The van der Waals surface area contributed by atoms with Gasteiger partial charge in [-0.1, -0.05) is 12.7 Å². The monoisotopic (exact) mass is 293 g/mol. The standard InChI is InChI=1S/C15H19NO5/c1-4-9-21-12-7-5-11(6-8-12)13(17)16-15(2,10-20-3)14(18)19/h4-8H,1,9-10H2,2-3H3,(H,16,17)(H,18,19). The van der Waals surface area contributed by atoms with Gasteiger partial charge in [0.25, 0.3) is 5.91 Å². The Bertz CT molecular complexity index is 511. The number of hydrogen-bond donors (Lipinski definition) is 2. The van der Waals surface area contributed by atoms with Crippen molar-refractivity contribution in [3.05, 3.63) is 42.5 Å². The molecule has 1 amide bonds. The Kier molecular flexibility index (Phi) is 5.92. The van der Waals surface area contributed by atoms with Crippen molar-refractivity contribution in [3.8, 4) is 5.75 Å². The van der Waals surface area contributed by atoms with Crippen LogP contribution in [-0.2, 0) is 9.53 Å². The van der Waals surface area contributed by atoms with Crippen molar-refractivity contribution < 1.29 is 24.2 Å². The first-order chi connectivity index (χ1) is 9.92. The van der Waals surface area contributed by atoms with Gasteiger partial charge < -0.3 is 19.9 Å². The number of carbonyl (C=O) groups is 2. The van der Waals surface area contributed by atoms with E-state index in [9.17, 15) is 14.7 Å². The van der Waals surface area contributed by atoms with Gasteiger partial charge in [0.15, 0.2) is 5.54 Å². The molecule has 114 valence electrons. The molecular formula is C15H19NO5.